The van der Waals surface area contributed by atoms with Gasteiger partial charge in [0, 0.05) is 27.6 Å². The molecule has 1 aliphatic heterocycles. The molecule has 0 aliphatic carbocycles. The van der Waals surface area contributed by atoms with E-state index in [1.54, 1.807) is 24.5 Å². The Morgan fingerprint density at radius 3 is 2.41 bits per heavy atom. The molecule has 0 spiro atoms. The third kappa shape index (κ3) is 4.14. The van der Waals surface area contributed by atoms with Gasteiger partial charge in [-0.3, -0.25) is 4.98 Å². The largest absolute Gasteiger partial charge is 0.465 e. The van der Waals surface area contributed by atoms with Crippen molar-refractivity contribution in [3.05, 3.63) is 83.9 Å². The van der Waals surface area contributed by atoms with Crippen LogP contribution in [0.15, 0.2) is 71.9 Å². The summed E-state index contributed by atoms with van der Waals surface area (Å²) < 4.78 is 19.1. The van der Waals surface area contributed by atoms with E-state index in [-0.39, 0.29) is 10.6 Å². The smallest absolute Gasteiger partial charge is 0.340 e. The number of hydrogen-bond acceptors (Lipinski definition) is 4. The molecular formula is C28H25FN2O2S. The summed E-state index contributed by atoms with van der Waals surface area (Å²) in [5.74, 6) is -0.746. The van der Waals surface area contributed by atoms with Gasteiger partial charge in [-0.25, -0.2) is 9.18 Å². The van der Waals surface area contributed by atoms with Gasteiger partial charge in [0.05, 0.1) is 24.1 Å². The van der Waals surface area contributed by atoms with Crippen molar-refractivity contribution in [1.82, 2.24) is 9.97 Å². The Balaban J connectivity index is 1.75. The van der Waals surface area contributed by atoms with Gasteiger partial charge >= 0.3 is 5.97 Å². The second kappa shape index (κ2) is 8.76. The molecule has 0 amide bonds. The fourth-order valence-corrected chi connectivity index (χ4v) is 5.70. The molecular weight excluding hydrogens is 447 g/mol. The number of esters is 1. The van der Waals surface area contributed by atoms with Crippen molar-refractivity contribution in [3.8, 4) is 33.6 Å². The molecule has 0 saturated carbocycles. The van der Waals surface area contributed by atoms with E-state index in [4.69, 9.17) is 4.74 Å². The highest BCUT2D eigenvalue weighted by Gasteiger charge is 2.29. The number of fused-ring (bicyclic) bond motifs is 1. The van der Waals surface area contributed by atoms with Crippen molar-refractivity contribution in [2.75, 3.05) is 7.11 Å². The van der Waals surface area contributed by atoms with Crippen LogP contribution in [0.25, 0.3) is 33.6 Å². The van der Waals surface area contributed by atoms with Gasteiger partial charge < -0.3 is 9.72 Å². The van der Waals surface area contributed by atoms with Crippen molar-refractivity contribution in [3.63, 3.8) is 0 Å². The number of rotatable bonds is 4. The van der Waals surface area contributed by atoms with Crippen LogP contribution in [-0.2, 0) is 11.2 Å². The Bertz CT molecular complexity index is 1360. The highest BCUT2D eigenvalue weighted by Crippen LogP contribution is 2.45. The van der Waals surface area contributed by atoms with E-state index in [2.05, 4.69) is 42.0 Å². The van der Waals surface area contributed by atoms with Crippen molar-refractivity contribution >= 4 is 17.7 Å². The molecule has 3 heterocycles. The monoisotopic (exact) mass is 472 g/mol. The van der Waals surface area contributed by atoms with Gasteiger partial charge in [-0.05, 0) is 83.6 Å². The molecule has 172 valence electrons. The predicted molar refractivity (Wildman–Crippen MR) is 134 cm³/mol. The number of pyridine rings is 1. The molecule has 5 rings (SSSR count). The number of aromatic nitrogens is 2. The van der Waals surface area contributed by atoms with Gasteiger partial charge in [0.15, 0.2) is 0 Å². The molecule has 34 heavy (non-hydrogen) atoms. The van der Waals surface area contributed by atoms with Crippen molar-refractivity contribution in [1.29, 1.82) is 0 Å². The SMILES string of the molecule is COC(=O)c1c(-c2ccc3c(c2)CCC(C)(C)S3)[nH]c(-c2ccc(F)cc2)c1-c1ccncc1. The number of nitrogens with one attached hydrogen (secondary N) is 1. The van der Waals surface area contributed by atoms with E-state index in [0.717, 1.165) is 35.2 Å². The van der Waals surface area contributed by atoms with Gasteiger partial charge in [-0.1, -0.05) is 19.9 Å². The molecule has 0 bridgehead atoms. The molecule has 0 radical (unpaired) electrons. The molecule has 1 N–H and O–H groups in total. The zero-order valence-electron chi connectivity index (χ0n) is 19.3. The number of methoxy groups -OCH3 is 1. The number of carbonyl (C=O) groups excluding carboxylic acids is 1. The summed E-state index contributed by atoms with van der Waals surface area (Å²) in [6.45, 7) is 4.54. The summed E-state index contributed by atoms with van der Waals surface area (Å²) in [6, 6.07) is 16.3. The van der Waals surface area contributed by atoms with E-state index in [9.17, 15) is 9.18 Å². The number of carbonyl (C=O) groups is 1. The first-order chi connectivity index (χ1) is 16.4. The van der Waals surface area contributed by atoms with Gasteiger partial charge in [-0.15, -0.1) is 11.8 Å². The summed E-state index contributed by atoms with van der Waals surface area (Å²) in [4.78, 5) is 22.0. The highest BCUT2D eigenvalue weighted by atomic mass is 32.2. The van der Waals surface area contributed by atoms with Crippen molar-refractivity contribution in [2.45, 2.75) is 36.3 Å². The molecule has 4 aromatic rings. The lowest BCUT2D eigenvalue weighted by Crippen LogP contribution is -2.20. The van der Waals surface area contributed by atoms with Gasteiger partial charge in [-0.2, -0.15) is 0 Å². The molecule has 4 nitrogen and oxygen atoms in total. The first-order valence-corrected chi connectivity index (χ1v) is 12.0. The lowest BCUT2D eigenvalue weighted by atomic mass is 9.94. The molecule has 0 saturated heterocycles. The second-order valence-electron chi connectivity index (χ2n) is 9.04. The third-order valence-corrected chi connectivity index (χ3v) is 7.60. The van der Waals surface area contributed by atoms with Gasteiger partial charge in [0.25, 0.3) is 0 Å². The fraction of sp³-hybridized carbons (Fsp3) is 0.214. The molecule has 0 fully saturated rings. The lowest BCUT2D eigenvalue weighted by Gasteiger charge is -2.30. The number of aryl methyl sites for hydroxylation is 1. The number of H-pyrrole nitrogens is 1. The molecule has 1 aliphatic rings. The van der Waals surface area contributed by atoms with Crippen LogP contribution in [0.4, 0.5) is 4.39 Å². The maximum Gasteiger partial charge on any atom is 0.340 e. The minimum absolute atomic E-state index is 0.211. The summed E-state index contributed by atoms with van der Waals surface area (Å²) in [5.41, 5.74) is 6.39. The van der Waals surface area contributed by atoms with E-state index >= 15 is 0 Å². The van der Waals surface area contributed by atoms with Crippen LogP contribution in [-0.4, -0.2) is 27.8 Å². The van der Waals surface area contributed by atoms with E-state index in [0.29, 0.717) is 16.8 Å². The van der Waals surface area contributed by atoms with Crippen LogP contribution >= 0.6 is 11.8 Å². The van der Waals surface area contributed by atoms with Crippen molar-refractivity contribution in [2.24, 2.45) is 0 Å². The summed E-state index contributed by atoms with van der Waals surface area (Å²) in [5, 5.41) is 0. The van der Waals surface area contributed by atoms with Crippen LogP contribution < -0.4 is 0 Å². The topological polar surface area (TPSA) is 55.0 Å². The molecule has 0 unspecified atom stereocenters. The maximum atomic E-state index is 13.7. The fourth-order valence-electron chi connectivity index (χ4n) is 4.48. The second-order valence-corrected chi connectivity index (χ2v) is 10.8. The Morgan fingerprint density at radius 1 is 1.00 bits per heavy atom. The molecule has 0 atom stereocenters. The first kappa shape index (κ1) is 22.4. The van der Waals surface area contributed by atoms with Crippen molar-refractivity contribution < 1.29 is 13.9 Å². The Morgan fingerprint density at radius 2 is 1.71 bits per heavy atom. The maximum absolute atomic E-state index is 13.7. The number of halogens is 1. The summed E-state index contributed by atoms with van der Waals surface area (Å²) in [7, 11) is 1.39. The molecule has 2 aromatic carbocycles. The minimum atomic E-state index is -0.431. The van der Waals surface area contributed by atoms with Crippen LogP contribution in [0.3, 0.4) is 0 Å². The van der Waals surface area contributed by atoms with Crippen LogP contribution in [0.2, 0.25) is 0 Å². The van der Waals surface area contributed by atoms with E-state index in [1.807, 2.05) is 23.9 Å². The predicted octanol–water partition coefficient (Wildman–Crippen LogP) is 7.15. The number of hydrogen-bond donors (Lipinski definition) is 1. The van der Waals surface area contributed by atoms with Crippen LogP contribution in [0, 0.1) is 5.82 Å². The number of nitrogens with zero attached hydrogens (tertiary/aromatic N) is 1. The Hall–Kier alpha value is -3.38. The normalized spacial score (nSPS) is 14.5. The van der Waals surface area contributed by atoms with Gasteiger partial charge in [0.1, 0.15) is 5.82 Å². The summed E-state index contributed by atoms with van der Waals surface area (Å²) >= 11 is 1.89. The first-order valence-electron chi connectivity index (χ1n) is 11.2. The Kier molecular flexibility index (Phi) is 5.78. The molecule has 6 heteroatoms. The minimum Gasteiger partial charge on any atom is -0.465 e. The summed E-state index contributed by atoms with van der Waals surface area (Å²) in [6.07, 6.45) is 5.45. The average molecular weight is 473 g/mol. The van der Waals surface area contributed by atoms with E-state index in [1.165, 1.54) is 29.7 Å². The quantitative estimate of drug-likeness (QED) is 0.320. The number of thioether (sulfide) groups is 1. The Labute approximate surface area is 202 Å². The van der Waals surface area contributed by atoms with E-state index < -0.39 is 5.97 Å². The average Bonchev–Trinajstić information content (AvgIpc) is 3.24. The van der Waals surface area contributed by atoms with Crippen LogP contribution in [0.1, 0.15) is 36.2 Å². The zero-order chi connectivity index (χ0) is 23.9. The number of aromatic amines is 1. The standard InChI is InChI=1S/C28H25FN2O2S/c1-28(2)13-10-19-16-20(6-9-22(19)34-28)26-24(27(32)33-3)23(17-11-14-30-15-12-17)25(31-26)18-4-7-21(29)8-5-18/h4-9,11-12,14-16,31H,10,13H2,1-3H3. The van der Waals surface area contributed by atoms with Gasteiger partial charge in [0.2, 0.25) is 0 Å². The van der Waals surface area contributed by atoms with Crippen LogP contribution in [0.5, 0.6) is 0 Å². The zero-order valence-corrected chi connectivity index (χ0v) is 20.1. The third-order valence-electron chi connectivity index (χ3n) is 6.22. The highest BCUT2D eigenvalue weighted by molar-refractivity contribution is 8.00. The molecule has 2 aromatic heterocycles. The number of benzene rings is 2. The number of ether oxygens (including phenoxy) is 1. The lowest BCUT2D eigenvalue weighted by molar-refractivity contribution is 0.0602.